The number of nitrogens with zero attached hydrogens (tertiary/aromatic N) is 1. The first-order valence-electron chi connectivity index (χ1n) is 8.27. The summed E-state index contributed by atoms with van der Waals surface area (Å²) in [5, 5.41) is 14.7. The summed E-state index contributed by atoms with van der Waals surface area (Å²) in [6.07, 6.45) is 1.51. The zero-order valence-corrected chi connectivity index (χ0v) is 13.6. The minimum atomic E-state index is -0.714. The van der Waals surface area contributed by atoms with Gasteiger partial charge in [-0.1, -0.05) is 42.5 Å². The number of aliphatic hydroxyl groups excluding tert-OH is 1. The third kappa shape index (κ3) is 2.83. The molecule has 4 rings (SSSR count). The van der Waals surface area contributed by atoms with Crippen molar-refractivity contribution in [2.45, 2.75) is 25.1 Å². The molecule has 0 unspecified atom stereocenters. The number of rotatable bonds is 3. The Bertz CT molecular complexity index is 1010. The average molecular weight is 334 g/mol. The van der Waals surface area contributed by atoms with Crippen molar-refractivity contribution in [2.75, 3.05) is 0 Å². The first-order valence-corrected chi connectivity index (χ1v) is 8.27. The highest BCUT2D eigenvalue weighted by atomic mass is 16.3. The first-order chi connectivity index (χ1) is 12.1. The highest BCUT2D eigenvalue weighted by Gasteiger charge is 2.31. The zero-order valence-electron chi connectivity index (χ0n) is 13.6. The molecule has 5 heteroatoms. The first kappa shape index (κ1) is 15.6. The molecule has 1 heterocycles. The molecule has 0 fully saturated rings. The molecule has 1 aliphatic rings. The van der Waals surface area contributed by atoms with Crippen LogP contribution in [0.2, 0.25) is 0 Å². The number of pyridine rings is 1. The summed E-state index contributed by atoms with van der Waals surface area (Å²) in [7, 11) is 0. The summed E-state index contributed by atoms with van der Waals surface area (Å²) in [5.41, 5.74) is 1.71. The number of hydrogen-bond acceptors (Lipinski definition) is 3. The highest BCUT2D eigenvalue weighted by Crippen LogP contribution is 2.30. The summed E-state index contributed by atoms with van der Waals surface area (Å²) in [5.74, 6) is -0.283. The Labute approximate surface area is 144 Å². The van der Waals surface area contributed by atoms with Crippen molar-refractivity contribution in [1.82, 2.24) is 9.88 Å². The molecule has 0 radical (unpaired) electrons. The topological polar surface area (TPSA) is 71.3 Å². The van der Waals surface area contributed by atoms with E-state index in [9.17, 15) is 14.7 Å². The van der Waals surface area contributed by atoms with E-state index in [0.29, 0.717) is 11.8 Å². The van der Waals surface area contributed by atoms with Crippen molar-refractivity contribution >= 4 is 16.7 Å². The Kier molecular flexibility index (Phi) is 3.86. The summed E-state index contributed by atoms with van der Waals surface area (Å²) >= 11 is 0. The van der Waals surface area contributed by atoms with Crippen LogP contribution in [0, 0.1) is 0 Å². The monoisotopic (exact) mass is 334 g/mol. The molecule has 0 saturated heterocycles. The molecule has 2 aromatic carbocycles. The van der Waals surface area contributed by atoms with Gasteiger partial charge in [-0.25, -0.2) is 0 Å². The number of aromatic nitrogens is 1. The second-order valence-electron chi connectivity index (χ2n) is 6.36. The molecular weight excluding hydrogens is 316 g/mol. The maximum absolute atomic E-state index is 12.5. The number of hydrogen-bond donors (Lipinski definition) is 2. The molecule has 0 aliphatic heterocycles. The maximum Gasteiger partial charge on any atom is 0.258 e. The normalized spacial score (nSPS) is 18.9. The predicted molar refractivity (Wildman–Crippen MR) is 95.2 cm³/mol. The van der Waals surface area contributed by atoms with Crippen LogP contribution in [0.15, 0.2) is 65.6 Å². The minimum Gasteiger partial charge on any atom is -0.386 e. The van der Waals surface area contributed by atoms with Crippen LogP contribution < -0.4 is 10.9 Å². The average Bonchev–Trinajstić information content (AvgIpc) is 2.94. The molecule has 1 aliphatic carbocycles. The molecule has 5 nitrogen and oxygen atoms in total. The molecule has 0 bridgehead atoms. The largest absolute Gasteiger partial charge is 0.386 e. The van der Waals surface area contributed by atoms with Gasteiger partial charge < -0.3 is 15.0 Å². The van der Waals surface area contributed by atoms with Crippen LogP contribution >= 0.6 is 0 Å². The molecule has 2 atom stereocenters. The van der Waals surface area contributed by atoms with Crippen molar-refractivity contribution in [2.24, 2.45) is 0 Å². The van der Waals surface area contributed by atoms with Crippen LogP contribution in [-0.2, 0) is 17.8 Å². The van der Waals surface area contributed by atoms with Crippen molar-refractivity contribution in [3.63, 3.8) is 0 Å². The van der Waals surface area contributed by atoms with Crippen molar-refractivity contribution in [3.05, 3.63) is 82.3 Å². The van der Waals surface area contributed by atoms with Crippen LogP contribution in [0.5, 0.6) is 0 Å². The van der Waals surface area contributed by atoms with Crippen LogP contribution in [0.25, 0.3) is 10.8 Å². The Balaban J connectivity index is 1.50. The van der Waals surface area contributed by atoms with Gasteiger partial charge in [-0.15, -0.1) is 0 Å². The van der Waals surface area contributed by atoms with Gasteiger partial charge in [0.2, 0.25) is 5.91 Å². The Hall–Kier alpha value is -2.92. The summed E-state index contributed by atoms with van der Waals surface area (Å²) in [6.45, 7) is -0.0662. The summed E-state index contributed by atoms with van der Waals surface area (Å²) in [4.78, 5) is 24.8. The number of nitrogens with one attached hydrogen (secondary N) is 1. The van der Waals surface area contributed by atoms with E-state index >= 15 is 0 Å². The quantitative estimate of drug-likeness (QED) is 0.767. The fourth-order valence-electron chi connectivity index (χ4n) is 3.47. The zero-order chi connectivity index (χ0) is 17.4. The molecule has 1 aromatic heterocycles. The maximum atomic E-state index is 12.5. The molecule has 1 amide bonds. The van der Waals surface area contributed by atoms with Crippen LogP contribution in [0.1, 0.15) is 17.2 Å². The van der Waals surface area contributed by atoms with Crippen molar-refractivity contribution in [1.29, 1.82) is 0 Å². The van der Waals surface area contributed by atoms with Crippen LogP contribution in [-0.4, -0.2) is 21.6 Å². The number of fused-ring (bicyclic) bond motifs is 2. The molecule has 25 heavy (non-hydrogen) atoms. The van der Waals surface area contributed by atoms with E-state index in [0.717, 1.165) is 16.5 Å². The van der Waals surface area contributed by atoms with E-state index in [2.05, 4.69) is 5.32 Å². The van der Waals surface area contributed by atoms with Crippen LogP contribution in [0.4, 0.5) is 0 Å². The number of carbonyl (C=O) groups excluding carboxylic acids is 1. The minimum absolute atomic E-state index is 0.0662. The lowest BCUT2D eigenvalue weighted by Gasteiger charge is -2.17. The fraction of sp³-hybridized carbons (Fsp3) is 0.200. The number of amides is 1. The van der Waals surface area contributed by atoms with Gasteiger partial charge in [-0.2, -0.15) is 0 Å². The van der Waals surface area contributed by atoms with Gasteiger partial charge in [0.1, 0.15) is 6.54 Å². The number of aliphatic hydroxyl groups is 1. The summed E-state index contributed by atoms with van der Waals surface area (Å²) in [6, 6.07) is 16.4. The van der Waals surface area contributed by atoms with E-state index in [1.54, 1.807) is 18.3 Å². The lowest BCUT2D eigenvalue weighted by Crippen LogP contribution is -2.41. The van der Waals surface area contributed by atoms with Gasteiger partial charge in [0.15, 0.2) is 0 Å². The van der Waals surface area contributed by atoms with E-state index in [1.807, 2.05) is 42.5 Å². The van der Waals surface area contributed by atoms with Gasteiger partial charge in [0.05, 0.1) is 12.1 Å². The van der Waals surface area contributed by atoms with Gasteiger partial charge >= 0.3 is 0 Å². The predicted octanol–water partition coefficient (Wildman–Crippen LogP) is 1.78. The molecule has 2 N–H and O–H groups in total. The van der Waals surface area contributed by atoms with Gasteiger partial charge in [-0.3, -0.25) is 9.59 Å². The number of benzene rings is 2. The highest BCUT2D eigenvalue weighted by molar-refractivity contribution is 5.82. The smallest absolute Gasteiger partial charge is 0.258 e. The van der Waals surface area contributed by atoms with Crippen molar-refractivity contribution < 1.29 is 9.90 Å². The van der Waals surface area contributed by atoms with Crippen LogP contribution in [0.3, 0.4) is 0 Å². The SMILES string of the molecule is O=C(Cn1ccc2ccccc2c1=O)N[C@H]1Cc2ccccc2[C@H]1O. The van der Waals surface area contributed by atoms with Crippen molar-refractivity contribution in [3.8, 4) is 0 Å². The van der Waals surface area contributed by atoms with E-state index in [1.165, 1.54) is 4.57 Å². The molecule has 0 saturated carbocycles. The lowest BCUT2D eigenvalue weighted by molar-refractivity contribution is -0.123. The fourth-order valence-corrected chi connectivity index (χ4v) is 3.47. The third-order valence-corrected chi connectivity index (χ3v) is 4.74. The molecular formula is C20H18N2O3. The molecule has 126 valence electrons. The lowest BCUT2D eigenvalue weighted by atomic mass is 10.1. The second-order valence-corrected chi connectivity index (χ2v) is 6.36. The van der Waals surface area contributed by atoms with Gasteiger partial charge in [-0.05, 0) is 35.1 Å². The third-order valence-electron chi connectivity index (χ3n) is 4.74. The van der Waals surface area contributed by atoms with E-state index < -0.39 is 6.10 Å². The van der Waals surface area contributed by atoms with Gasteiger partial charge in [0, 0.05) is 11.6 Å². The Morgan fingerprint density at radius 1 is 1.12 bits per heavy atom. The van der Waals surface area contributed by atoms with E-state index in [-0.39, 0.29) is 24.1 Å². The second kappa shape index (κ2) is 6.18. The number of carbonyl (C=O) groups is 1. The van der Waals surface area contributed by atoms with E-state index in [4.69, 9.17) is 0 Å². The van der Waals surface area contributed by atoms with Gasteiger partial charge in [0.25, 0.3) is 5.56 Å². The summed E-state index contributed by atoms with van der Waals surface area (Å²) < 4.78 is 1.39. The Morgan fingerprint density at radius 3 is 2.72 bits per heavy atom. The standard InChI is InChI=1S/C20H18N2O3/c23-18(21-17-11-14-6-2-3-7-15(14)19(17)24)12-22-10-9-13-5-1-4-8-16(13)20(22)25/h1-10,17,19,24H,11-12H2,(H,21,23)/t17-,19+/m0/s1. The molecule has 3 aromatic rings. The molecule has 0 spiro atoms. The Morgan fingerprint density at radius 2 is 1.88 bits per heavy atom.